The second-order valence-electron chi connectivity index (χ2n) is 15.0. The number of ketones is 1. The zero-order valence-electron chi connectivity index (χ0n) is 34.0. The summed E-state index contributed by atoms with van der Waals surface area (Å²) >= 11 is 12.8. The van der Waals surface area contributed by atoms with Gasteiger partial charge in [0.05, 0.1) is 18.4 Å². The summed E-state index contributed by atoms with van der Waals surface area (Å²) < 4.78 is 17.7. The molecule has 0 aliphatic carbocycles. The molecule has 1 aliphatic heterocycles. The lowest BCUT2D eigenvalue weighted by molar-refractivity contribution is -0.140. The highest BCUT2D eigenvalue weighted by atomic mass is 35.5. The van der Waals surface area contributed by atoms with Crippen molar-refractivity contribution in [3.8, 4) is 0 Å². The van der Waals surface area contributed by atoms with E-state index >= 15 is 0 Å². The fourth-order valence-corrected chi connectivity index (χ4v) is 7.65. The Labute approximate surface area is 373 Å². The van der Waals surface area contributed by atoms with Crippen LogP contribution in [0.15, 0.2) is 137 Å². The molecule has 14 nitrogen and oxygen atoms in total. The molecule has 5 aromatic carbocycles. The number of oxazole rings is 1. The zero-order valence-corrected chi connectivity index (χ0v) is 35.5. The molecular formula is C47H45Cl2N7O7. The molecule has 1 aromatic heterocycles. The maximum absolute atomic E-state index is 14.8. The van der Waals surface area contributed by atoms with Crippen LogP contribution in [-0.2, 0) is 45.1 Å². The van der Waals surface area contributed by atoms with Crippen LogP contribution in [0.4, 0.5) is 10.5 Å². The molecule has 0 spiro atoms. The highest BCUT2D eigenvalue weighted by Crippen LogP contribution is 2.28. The SMILES string of the molecule is NC(N)=Nc1ccc(CC(NC(=O)[C@@H]2C[C@@H](OCc3ccc(Cl)cc3)CN2C(=O)[C@@H](CCc2ccccc2)NC(=O)OCc2ccccc2)C(=O)c2nc3ccccc3o2)c(Cl)c1. The number of hydrogen-bond acceptors (Lipinski definition) is 9. The summed E-state index contributed by atoms with van der Waals surface area (Å²) in [6.07, 6.45) is -0.793. The number of ether oxygens (including phenoxy) is 2. The molecule has 1 aliphatic rings. The summed E-state index contributed by atoms with van der Waals surface area (Å²) in [7, 11) is 0. The number of guanidine groups is 1. The summed E-state index contributed by atoms with van der Waals surface area (Å²) in [5.74, 6) is -2.18. The Morgan fingerprint density at radius 2 is 1.49 bits per heavy atom. The first-order chi connectivity index (χ1) is 30.5. The average molecular weight is 891 g/mol. The van der Waals surface area contributed by atoms with Crippen molar-refractivity contribution < 1.29 is 33.1 Å². The smallest absolute Gasteiger partial charge is 0.408 e. The molecule has 0 saturated carbocycles. The number of para-hydroxylation sites is 2. The van der Waals surface area contributed by atoms with Crippen molar-refractivity contribution >= 4 is 69.6 Å². The summed E-state index contributed by atoms with van der Waals surface area (Å²) in [4.78, 5) is 67.0. The van der Waals surface area contributed by atoms with E-state index in [9.17, 15) is 19.2 Å². The fraction of sp³-hybridized carbons (Fsp3) is 0.234. The first kappa shape index (κ1) is 44.3. The van der Waals surface area contributed by atoms with E-state index in [1.807, 2.05) is 72.8 Å². The predicted octanol–water partition coefficient (Wildman–Crippen LogP) is 7.06. The van der Waals surface area contributed by atoms with E-state index in [1.54, 1.807) is 48.5 Å². The van der Waals surface area contributed by atoms with Crippen LogP contribution < -0.4 is 22.1 Å². The zero-order chi connectivity index (χ0) is 44.3. The molecule has 16 heteroatoms. The van der Waals surface area contributed by atoms with Crippen molar-refractivity contribution in [3.63, 3.8) is 0 Å². The van der Waals surface area contributed by atoms with E-state index in [0.29, 0.717) is 33.8 Å². The van der Waals surface area contributed by atoms with E-state index in [-0.39, 0.29) is 55.9 Å². The monoisotopic (exact) mass is 889 g/mol. The lowest BCUT2D eigenvalue weighted by Gasteiger charge is -2.29. The normalized spacial score (nSPS) is 15.6. The molecule has 1 saturated heterocycles. The molecule has 6 N–H and O–H groups in total. The minimum Gasteiger partial charge on any atom is -0.445 e. The number of nitrogens with one attached hydrogen (secondary N) is 2. The second-order valence-corrected chi connectivity index (χ2v) is 15.9. The maximum atomic E-state index is 14.8. The molecule has 63 heavy (non-hydrogen) atoms. The fourth-order valence-electron chi connectivity index (χ4n) is 7.27. The number of nitrogens with two attached hydrogens (primary N) is 2. The molecule has 0 bridgehead atoms. The number of hydrogen-bond donors (Lipinski definition) is 4. The molecule has 3 amide bonds. The van der Waals surface area contributed by atoms with Crippen LogP contribution in [0.3, 0.4) is 0 Å². The van der Waals surface area contributed by atoms with Gasteiger partial charge in [-0.3, -0.25) is 14.4 Å². The Bertz CT molecular complexity index is 2540. The Morgan fingerprint density at radius 1 is 0.810 bits per heavy atom. The van der Waals surface area contributed by atoms with Crippen LogP contribution in [0.5, 0.6) is 0 Å². The number of Topliss-reactive ketones (excluding diaryl/α,β-unsaturated/α-hetero) is 1. The number of amides is 3. The van der Waals surface area contributed by atoms with Gasteiger partial charge in [0.25, 0.3) is 5.89 Å². The van der Waals surface area contributed by atoms with Gasteiger partial charge in [-0.25, -0.2) is 14.8 Å². The summed E-state index contributed by atoms with van der Waals surface area (Å²) in [5.41, 5.74) is 15.4. The van der Waals surface area contributed by atoms with E-state index in [0.717, 1.165) is 16.7 Å². The third-order valence-corrected chi connectivity index (χ3v) is 11.1. The van der Waals surface area contributed by atoms with Gasteiger partial charge in [-0.05, 0) is 71.5 Å². The molecule has 6 aromatic rings. The quantitative estimate of drug-likeness (QED) is 0.0417. The van der Waals surface area contributed by atoms with Crippen LogP contribution >= 0.6 is 23.2 Å². The van der Waals surface area contributed by atoms with Crippen molar-refractivity contribution in [2.75, 3.05) is 6.54 Å². The van der Waals surface area contributed by atoms with Gasteiger partial charge in [-0.15, -0.1) is 0 Å². The van der Waals surface area contributed by atoms with Gasteiger partial charge >= 0.3 is 6.09 Å². The molecule has 7 rings (SSSR count). The number of aryl methyl sites for hydroxylation is 1. The van der Waals surface area contributed by atoms with Gasteiger partial charge < -0.3 is 40.9 Å². The van der Waals surface area contributed by atoms with E-state index in [1.165, 1.54) is 11.0 Å². The van der Waals surface area contributed by atoms with Crippen molar-refractivity contribution in [1.29, 1.82) is 0 Å². The van der Waals surface area contributed by atoms with Crippen LogP contribution in [0.25, 0.3) is 11.1 Å². The van der Waals surface area contributed by atoms with E-state index in [4.69, 9.17) is 48.6 Å². The summed E-state index contributed by atoms with van der Waals surface area (Å²) in [6.45, 7) is 0.167. The lowest BCUT2D eigenvalue weighted by Crippen LogP contribution is -2.55. The first-order valence-corrected chi connectivity index (χ1v) is 21.0. The second kappa shape index (κ2) is 20.9. The van der Waals surface area contributed by atoms with Crippen LogP contribution in [-0.4, -0.2) is 70.3 Å². The number of benzene rings is 5. The Hall–Kier alpha value is -6.74. The largest absolute Gasteiger partial charge is 0.445 e. The lowest BCUT2D eigenvalue weighted by atomic mass is 10.0. The van der Waals surface area contributed by atoms with Crippen molar-refractivity contribution in [2.45, 2.75) is 63.1 Å². The van der Waals surface area contributed by atoms with Crippen LogP contribution in [0.1, 0.15) is 45.8 Å². The van der Waals surface area contributed by atoms with Gasteiger partial charge in [0.2, 0.25) is 17.6 Å². The average Bonchev–Trinajstić information content (AvgIpc) is 3.93. The first-order valence-electron chi connectivity index (χ1n) is 20.2. The topological polar surface area (TPSA) is 204 Å². The molecule has 4 atom stereocenters. The highest BCUT2D eigenvalue weighted by molar-refractivity contribution is 6.31. The van der Waals surface area contributed by atoms with Crippen molar-refractivity contribution in [2.24, 2.45) is 16.5 Å². The summed E-state index contributed by atoms with van der Waals surface area (Å²) in [6, 6.07) is 34.0. The van der Waals surface area contributed by atoms with E-state index < -0.39 is 47.9 Å². The van der Waals surface area contributed by atoms with Crippen molar-refractivity contribution in [3.05, 3.63) is 166 Å². The molecule has 1 fully saturated rings. The van der Waals surface area contributed by atoms with Gasteiger partial charge in [0, 0.05) is 29.4 Å². The highest BCUT2D eigenvalue weighted by Gasteiger charge is 2.44. The number of nitrogens with zero attached hydrogens (tertiary/aromatic N) is 3. The standard InChI is InChI=1S/C47H45Cl2N7O7/c48-33-19-15-31(16-20-33)27-61-35-25-40(56(26-35)45(59)38(22-17-29-9-3-1-4-10-29)55-47(60)62-28-30-11-5-2-6-12-30)43(58)53-39(23-32-18-21-34(24-36(32)49)52-46(50)51)42(57)44-54-37-13-7-8-14-41(37)63-44/h1-16,18-21,24,35,38-40H,17,22-23,25-28H2,(H,53,58)(H,55,60)(H4,50,51,52)/t35-,38-,39?,40+/m1/s1. The minimum absolute atomic E-state index is 0.00884. The Morgan fingerprint density at radius 3 is 2.19 bits per heavy atom. The number of carbonyl (C=O) groups excluding carboxylic acids is 4. The number of rotatable bonds is 17. The number of likely N-dealkylation sites (tertiary alicyclic amines) is 1. The number of alkyl carbamates (subject to hydrolysis) is 1. The molecular weight excluding hydrogens is 845 g/mol. The van der Waals surface area contributed by atoms with Gasteiger partial charge in [0.1, 0.15) is 30.2 Å². The third kappa shape index (κ3) is 12.0. The van der Waals surface area contributed by atoms with Crippen LogP contribution in [0.2, 0.25) is 10.0 Å². The number of carbonyl (C=O) groups is 4. The number of aromatic nitrogens is 1. The van der Waals surface area contributed by atoms with E-state index in [2.05, 4.69) is 20.6 Å². The predicted molar refractivity (Wildman–Crippen MR) is 239 cm³/mol. The minimum atomic E-state index is -1.26. The maximum Gasteiger partial charge on any atom is 0.408 e. The number of fused-ring (bicyclic) bond motifs is 1. The molecule has 0 radical (unpaired) electrons. The number of aliphatic imine (C=N–C) groups is 1. The Kier molecular flexibility index (Phi) is 14.7. The van der Waals surface area contributed by atoms with Gasteiger partial charge in [-0.1, -0.05) is 114 Å². The van der Waals surface area contributed by atoms with Crippen molar-refractivity contribution in [1.82, 2.24) is 20.5 Å². The van der Waals surface area contributed by atoms with Crippen LogP contribution in [0, 0.1) is 0 Å². The van der Waals surface area contributed by atoms with Gasteiger partial charge in [0.15, 0.2) is 11.5 Å². The number of halogens is 2. The summed E-state index contributed by atoms with van der Waals surface area (Å²) in [5, 5.41) is 6.47. The molecule has 2 heterocycles. The third-order valence-electron chi connectivity index (χ3n) is 10.5. The molecule has 1 unspecified atom stereocenters. The molecule has 324 valence electrons. The van der Waals surface area contributed by atoms with Gasteiger partial charge in [-0.2, -0.15) is 0 Å². The Balaban J connectivity index is 1.17.